The van der Waals surface area contributed by atoms with Gasteiger partial charge in [-0.2, -0.15) is 0 Å². The van der Waals surface area contributed by atoms with Crippen molar-refractivity contribution in [2.24, 2.45) is 0 Å². The van der Waals surface area contributed by atoms with Crippen LogP contribution in [0.1, 0.15) is 38.1 Å². The van der Waals surface area contributed by atoms with Gasteiger partial charge in [-0.15, -0.1) is 0 Å². The molecule has 2 amide bonds. The van der Waals surface area contributed by atoms with Gasteiger partial charge in [0.05, 0.1) is 0 Å². The summed E-state index contributed by atoms with van der Waals surface area (Å²) in [5, 5.41) is 2.67. The molecule has 6 heteroatoms. The summed E-state index contributed by atoms with van der Waals surface area (Å²) in [6.45, 7) is 7.43. The summed E-state index contributed by atoms with van der Waals surface area (Å²) in [5.41, 5.74) is -0.173. The van der Waals surface area contributed by atoms with Crippen molar-refractivity contribution in [3.8, 4) is 0 Å². The van der Waals surface area contributed by atoms with Gasteiger partial charge in [0, 0.05) is 25.2 Å². The van der Waals surface area contributed by atoms with Gasteiger partial charge in [0.2, 0.25) is 0 Å². The number of carbonyl (C=O) groups excluding carboxylic acids is 2. The second-order valence-corrected chi connectivity index (χ2v) is 6.24. The van der Waals surface area contributed by atoms with Crippen molar-refractivity contribution in [1.29, 1.82) is 0 Å². The number of halogens is 1. The van der Waals surface area contributed by atoms with Gasteiger partial charge in [-0.25, -0.2) is 9.18 Å². The Balaban J connectivity index is 2.53. The number of likely N-dealkylation sites (N-methyl/N-ethyl adjacent to an activating group) is 1. The molecule has 0 saturated carbocycles. The fourth-order valence-corrected chi connectivity index (χ4v) is 1.86. The lowest BCUT2D eigenvalue weighted by molar-refractivity contribution is 0.0491. The number of amides is 2. The summed E-state index contributed by atoms with van der Waals surface area (Å²) in [6, 6.07) is 5.07. The molecule has 0 aromatic heterocycles. The van der Waals surface area contributed by atoms with E-state index in [1.165, 1.54) is 29.2 Å². The monoisotopic (exact) mass is 310 g/mol. The molecule has 0 aliphatic rings. The number of hydrogen-bond acceptors (Lipinski definition) is 3. The maximum atomic E-state index is 12.9. The van der Waals surface area contributed by atoms with Gasteiger partial charge in [0.1, 0.15) is 11.4 Å². The normalized spacial score (nSPS) is 12.5. The molecule has 122 valence electrons. The molecule has 0 heterocycles. The lowest BCUT2D eigenvalue weighted by Gasteiger charge is -2.25. The first-order valence-electron chi connectivity index (χ1n) is 7.09. The fourth-order valence-electron chi connectivity index (χ4n) is 1.86. The molecule has 1 aromatic rings. The van der Waals surface area contributed by atoms with E-state index in [9.17, 15) is 14.0 Å². The summed E-state index contributed by atoms with van der Waals surface area (Å²) < 4.78 is 18.0. The molecule has 1 atom stereocenters. The van der Waals surface area contributed by atoms with Crippen molar-refractivity contribution < 1.29 is 18.7 Å². The zero-order chi connectivity index (χ0) is 16.9. The van der Waals surface area contributed by atoms with Gasteiger partial charge < -0.3 is 15.0 Å². The number of rotatable bonds is 4. The Morgan fingerprint density at radius 1 is 1.27 bits per heavy atom. The molecule has 1 aromatic carbocycles. The van der Waals surface area contributed by atoms with Crippen LogP contribution in [0.2, 0.25) is 0 Å². The van der Waals surface area contributed by atoms with Gasteiger partial charge in [0.15, 0.2) is 0 Å². The third-order valence-electron chi connectivity index (χ3n) is 2.75. The number of carbonyl (C=O) groups is 2. The molecule has 0 fully saturated rings. The van der Waals surface area contributed by atoms with Crippen molar-refractivity contribution in [3.63, 3.8) is 0 Å². The molecule has 0 spiro atoms. The van der Waals surface area contributed by atoms with Gasteiger partial charge in [0.25, 0.3) is 5.91 Å². The minimum Gasteiger partial charge on any atom is -0.444 e. The molecule has 0 unspecified atom stereocenters. The van der Waals surface area contributed by atoms with Crippen molar-refractivity contribution >= 4 is 12.0 Å². The zero-order valence-electron chi connectivity index (χ0n) is 13.6. The van der Waals surface area contributed by atoms with E-state index < -0.39 is 11.7 Å². The van der Waals surface area contributed by atoms with Crippen molar-refractivity contribution in [2.45, 2.75) is 39.3 Å². The lowest BCUT2D eigenvalue weighted by atomic mass is 10.2. The maximum absolute atomic E-state index is 12.9. The first kappa shape index (κ1) is 17.9. The van der Waals surface area contributed by atoms with Crippen LogP contribution < -0.4 is 5.32 Å². The summed E-state index contributed by atoms with van der Waals surface area (Å²) in [7, 11) is 1.62. The van der Waals surface area contributed by atoms with E-state index in [0.29, 0.717) is 12.1 Å². The van der Waals surface area contributed by atoms with E-state index in [1.807, 2.05) is 0 Å². The Labute approximate surface area is 130 Å². The average Bonchev–Trinajstić information content (AvgIpc) is 2.35. The Bertz CT molecular complexity index is 523. The fraction of sp³-hybridized carbons (Fsp3) is 0.500. The van der Waals surface area contributed by atoms with Crippen molar-refractivity contribution in [2.75, 3.05) is 13.6 Å². The molecule has 0 bridgehead atoms. The molecule has 0 saturated heterocycles. The lowest BCUT2D eigenvalue weighted by Crippen LogP contribution is -2.44. The van der Waals surface area contributed by atoms with Gasteiger partial charge in [-0.05, 0) is 52.0 Å². The first-order valence-corrected chi connectivity index (χ1v) is 7.09. The number of ether oxygens (including phenoxy) is 1. The minimum atomic E-state index is -0.570. The second-order valence-electron chi connectivity index (χ2n) is 6.24. The molecular formula is C16H23FN2O3. The van der Waals surface area contributed by atoms with Crippen LogP contribution in [0.3, 0.4) is 0 Å². The van der Waals surface area contributed by atoms with Crippen LogP contribution in [-0.2, 0) is 4.74 Å². The highest BCUT2D eigenvalue weighted by Gasteiger charge is 2.20. The van der Waals surface area contributed by atoms with E-state index in [0.717, 1.165) is 0 Å². The third-order valence-corrected chi connectivity index (χ3v) is 2.75. The highest BCUT2D eigenvalue weighted by molar-refractivity contribution is 5.94. The van der Waals surface area contributed by atoms with Crippen LogP contribution >= 0.6 is 0 Å². The Hall–Kier alpha value is -2.11. The summed E-state index contributed by atoms with van der Waals surface area (Å²) in [6.07, 6.45) is -0.525. The molecular weight excluding hydrogens is 287 g/mol. The Kier molecular flexibility index (Phi) is 5.91. The molecule has 5 nitrogen and oxygen atoms in total. The Morgan fingerprint density at radius 2 is 1.82 bits per heavy atom. The highest BCUT2D eigenvalue weighted by atomic mass is 19.1. The van der Waals surface area contributed by atoms with Crippen LogP contribution in [0.4, 0.5) is 9.18 Å². The predicted molar refractivity (Wildman–Crippen MR) is 82.2 cm³/mol. The first-order chi connectivity index (χ1) is 10.1. The number of alkyl carbamates (subject to hydrolysis) is 1. The molecule has 0 aliphatic carbocycles. The topological polar surface area (TPSA) is 58.6 Å². The number of nitrogens with zero attached hydrogens (tertiary/aromatic N) is 1. The van der Waals surface area contributed by atoms with Crippen LogP contribution in [0.5, 0.6) is 0 Å². The number of hydrogen-bond donors (Lipinski definition) is 1. The zero-order valence-corrected chi connectivity index (χ0v) is 13.6. The quantitative estimate of drug-likeness (QED) is 0.930. The predicted octanol–water partition coefficient (Wildman–Crippen LogP) is 2.81. The maximum Gasteiger partial charge on any atom is 0.407 e. The van der Waals surface area contributed by atoms with Gasteiger partial charge >= 0.3 is 6.09 Å². The minimum absolute atomic E-state index is 0.238. The van der Waals surface area contributed by atoms with Crippen LogP contribution in [0.15, 0.2) is 24.3 Å². The Morgan fingerprint density at radius 3 is 2.32 bits per heavy atom. The third kappa shape index (κ3) is 6.11. The van der Waals surface area contributed by atoms with Crippen LogP contribution in [-0.4, -0.2) is 42.1 Å². The average molecular weight is 310 g/mol. The highest BCUT2D eigenvalue weighted by Crippen LogP contribution is 2.08. The van der Waals surface area contributed by atoms with Crippen LogP contribution in [0.25, 0.3) is 0 Å². The van der Waals surface area contributed by atoms with E-state index in [2.05, 4.69) is 5.32 Å². The smallest absolute Gasteiger partial charge is 0.407 e. The SMILES string of the molecule is C[C@@H](CN(C)C(=O)c1ccc(F)cc1)NC(=O)OC(C)(C)C. The molecule has 0 radical (unpaired) electrons. The van der Waals surface area contributed by atoms with Gasteiger partial charge in [-0.1, -0.05) is 0 Å². The summed E-state index contributed by atoms with van der Waals surface area (Å²) >= 11 is 0. The van der Waals surface area contributed by atoms with Crippen molar-refractivity contribution in [3.05, 3.63) is 35.6 Å². The summed E-state index contributed by atoms with van der Waals surface area (Å²) in [4.78, 5) is 25.3. The van der Waals surface area contributed by atoms with Crippen LogP contribution in [0, 0.1) is 5.82 Å². The number of nitrogens with one attached hydrogen (secondary N) is 1. The van der Waals surface area contributed by atoms with Gasteiger partial charge in [-0.3, -0.25) is 4.79 Å². The van der Waals surface area contributed by atoms with E-state index >= 15 is 0 Å². The summed E-state index contributed by atoms with van der Waals surface area (Å²) in [5.74, 6) is -0.628. The van der Waals surface area contributed by atoms with E-state index in [1.54, 1.807) is 34.7 Å². The van der Waals surface area contributed by atoms with E-state index in [-0.39, 0.29) is 17.8 Å². The largest absolute Gasteiger partial charge is 0.444 e. The molecule has 22 heavy (non-hydrogen) atoms. The standard InChI is InChI=1S/C16H23FN2O3/c1-11(18-15(21)22-16(2,3)4)10-19(5)14(20)12-6-8-13(17)9-7-12/h6-9,11H,10H2,1-5H3,(H,18,21)/t11-/m0/s1. The molecule has 1 N–H and O–H groups in total. The van der Waals surface area contributed by atoms with E-state index in [4.69, 9.17) is 4.74 Å². The number of benzene rings is 1. The molecule has 0 aliphatic heterocycles. The molecule has 1 rings (SSSR count). The second kappa shape index (κ2) is 7.24. The van der Waals surface area contributed by atoms with Crippen molar-refractivity contribution in [1.82, 2.24) is 10.2 Å².